The highest BCUT2D eigenvalue weighted by molar-refractivity contribution is 5.90. The molecule has 0 atom stereocenters. The van der Waals surface area contributed by atoms with Gasteiger partial charge < -0.3 is 9.47 Å². The summed E-state index contributed by atoms with van der Waals surface area (Å²) in [5.41, 5.74) is -1.35. The summed E-state index contributed by atoms with van der Waals surface area (Å²) >= 11 is 0. The quantitative estimate of drug-likeness (QED) is 0.286. The minimum absolute atomic E-state index is 0.239. The third-order valence-electron chi connectivity index (χ3n) is 4.53. The second-order valence-electron chi connectivity index (χ2n) is 7.69. The van der Waals surface area contributed by atoms with Gasteiger partial charge in [0.25, 0.3) is 0 Å². The maximum atomic E-state index is 14.2. The molecule has 0 bridgehead atoms. The number of halogens is 10. The summed E-state index contributed by atoms with van der Waals surface area (Å²) in [5.74, 6) is -21.6. The third kappa shape index (κ3) is 5.07. The van der Waals surface area contributed by atoms with Crippen LogP contribution < -0.4 is 9.47 Å². The summed E-state index contributed by atoms with van der Waals surface area (Å²) in [6.07, 6.45) is -11.3. The van der Waals surface area contributed by atoms with Crippen LogP contribution in [-0.4, -0.2) is 18.0 Å². The van der Waals surface area contributed by atoms with Gasteiger partial charge in [-0.25, -0.2) is 17.6 Å². The number of hydrogen-bond donors (Lipinski definition) is 0. The van der Waals surface area contributed by atoms with Crippen LogP contribution in [0.2, 0.25) is 0 Å². The Morgan fingerprint density at radius 2 is 0.912 bits per heavy atom. The van der Waals surface area contributed by atoms with E-state index in [4.69, 9.17) is 0 Å². The Labute approximate surface area is 186 Å². The van der Waals surface area contributed by atoms with Gasteiger partial charge in [0.15, 0.2) is 34.8 Å². The molecule has 0 saturated carbocycles. The van der Waals surface area contributed by atoms with Gasteiger partial charge in [0.2, 0.25) is 11.6 Å². The molecule has 0 amide bonds. The number of rotatable bonds is 8. The predicted octanol–water partition coefficient (Wildman–Crippen LogP) is 6.98. The lowest BCUT2D eigenvalue weighted by atomic mass is 10.0. The molecule has 3 nitrogen and oxygen atoms in total. The second kappa shape index (κ2) is 9.34. The second-order valence-corrected chi connectivity index (χ2v) is 7.69. The molecule has 0 saturated heterocycles. The van der Waals surface area contributed by atoms with Crippen LogP contribution >= 0.6 is 0 Å². The molecule has 0 aliphatic heterocycles. The van der Waals surface area contributed by atoms with Gasteiger partial charge in [-0.05, 0) is 35.1 Å². The lowest BCUT2D eigenvalue weighted by Gasteiger charge is -2.23. The average molecular weight is 506 g/mol. The Hall–Kier alpha value is -2.99. The van der Waals surface area contributed by atoms with Gasteiger partial charge >= 0.3 is 18.0 Å². The van der Waals surface area contributed by atoms with Gasteiger partial charge in [-0.1, -0.05) is 27.7 Å². The minimum Gasteiger partial charge on any atom is -0.423 e. The van der Waals surface area contributed by atoms with Crippen molar-refractivity contribution in [3.63, 3.8) is 0 Å². The van der Waals surface area contributed by atoms with E-state index in [1.54, 1.807) is 0 Å². The fourth-order valence-corrected chi connectivity index (χ4v) is 2.73. The summed E-state index contributed by atoms with van der Waals surface area (Å²) in [4.78, 5) is 11.7. The monoisotopic (exact) mass is 506 g/mol. The Kier molecular flexibility index (Phi) is 7.48. The van der Waals surface area contributed by atoms with Gasteiger partial charge in [0, 0.05) is 0 Å². The molecule has 13 heteroatoms. The molecule has 0 spiro atoms. The number of benzene rings is 2. The fourth-order valence-electron chi connectivity index (χ4n) is 2.73. The normalized spacial score (nSPS) is 12.5. The van der Waals surface area contributed by atoms with Crippen molar-refractivity contribution in [2.75, 3.05) is 0 Å². The Morgan fingerprint density at radius 3 is 1.18 bits per heavy atom. The van der Waals surface area contributed by atoms with Gasteiger partial charge in [-0.15, -0.1) is 0 Å². The highest BCUT2D eigenvalue weighted by Gasteiger charge is 2.60. The zero-order chi connectivity index (χ0) is 26.3. The van der Waals surface area contributed by atoms with Crippen molar-refractivity contribution in [2.24, 2.45) is 0 Å². The van der Waals surface area contributed by atoms with Crippen LogP contribution in [0.5, 0.6) is 11.5 Å². The lowest BCUT2D eigenvalue weighted by molar-refractivity contribution is -0.243. The summed E-state index contributed by atoms with van der Waals surface area (Å²) in [5, 5.41) is 0. The summed E-state index contributed by atoms with van der Waals surface area (Å²) in [6, 6.07) is 0.477. The fraction of sp³-hybridized carbons (Fsp3) is 0.381. The summed E-state index contributed by atoms with van der Waals surface area (Å²) in [7, 11) is 0. The van der Waals surface area contributed by atoms with E-state index in [1.807, 2.05) is 0 Å². The molecular weight excluding hydrogens is 490 g/mol. The van der Waals surface area contributed by atoms with Crippen LogP contribution in [0, 0.1) is 34.9 Å². The maximum Gasteiger partial charge on any atom is 0.471 e. The van der Waals surface area contributed by atoms with Crippen molar-refractivity contribution in [1.82, 2.24) is 0 Å². The first kappa shape index (κ1) is 27.3. The van der Waals surface area contributed by atoms with E-state index in [-0.39, 0.29) is 12.1 Å². The molecule has 0 aliphatic rings. The number of ketones is 1. The van der Waals surface area contributed by atoms with Crippen LogP contribution in [0.1, 0.15) is 50.7 Å². The Morgan fingerprint density at radius 1 is 0.618 bits per heavy atom. The first-order valence-electron chi connectivity index (χ1n) is 9.45. The summed E-state index contributed by atoms with van der Waals surface area (Å²) in [6.45, 7) is 5.03. The number of Topliss-reactive ketones (excluding diaryl/α,β-unsaturated/α-hetero) is 1. The largest absolute Gasteiger partial charge is 0.471 e. The molecule has 2 aromatic rings. The van der Waals surface area contributed by atoms with E-state index < -0.39 is 87.4 Å². The molecule has 0 fully saturated rings. The molecule has 0 unspecified atom stereocenters. The molecule has 34 heavy (non-hydrogen) atoms. The first-order chi connectivity index (χ1) is 15.4. The maximum absolute atomic E-state index is 14.2. The molecule has 0 heterocycles. The molecule has 0 aromatic heterocycles. The molecule has 0 aliphatic carbocycles. The first-order valence-corrected chi connectivity index (χ1v) is 9.45. The van der Waals surface area contributed by atoms with Crippen molar-refractivity contribution in [2.45, 2.75) is 51.7 Å². The van der Waals surface area contributed by atoms with E-state index in [0.717, 1.165) is 0 Å². The number of alkyl halides is 4. The standard InChI is InChI=1S/C21H16F10O3/c1-7(2)9-5-11(15(24)17(26)13(9)22)33-20(28,29)19(32)21(30,31)34-12-6-10(8(3)4)14(23)18(27)16(12)25/h5-8H,1-4H3. The van der Waals surface area contributed by atoms with Crippen molar-refractivity contribution in [3.05, 3.63) is 58.2 Å². The smallest absolute Gasteiger partial charge is 0.423 e. The molecule has 0 radical (unpaired) electrons. The predicted molar refractivity (Wildman–Crippen MR) is 97.0 cm³/mol. The van der Waals surface area contributed by atoms with E-state index in [2.05, 4.69) is 9.47 Å². The number of carbonyl (C=O) groups is 1. The minimum atomic E-state index is -5.63. The van der Waals surface area contributed by atoms with Crippen molar-refractivity contribution < 1.29 is 58.2 Å². The average Bonchev–Trinajstić information content (AvgIpc) is 2.73. The molecule has 0 N–H and O–H groups in total. The highest BCUT2D eigenvalue weighted by atomic mass is 19.3. The van der Waals surface area contributed by atoms with Crippen molar-refractivity contribution >= 4 is 5.78 Å². The molecule has 188 valence electrons. The Bertz CT molecular complexity index is 1030. The number of carbonyl (C=O) groups excluding carboxylic acids is 1. The van der Waals surface area contributed by atoms with Crippen LogP contribution in [0.4, 0.5) is 43.9 Å². The number of hydrogen-bond acceptors (Lipinski definition) is 3. The Balaban J connectivity index is 2.43. The molecule has 2 rings (SSSR count). The van der Waals surface area contributed by atoms with Crippen LogP contribution in [0.25, 0.3) is 0 Å². The topological polar surface area (TPSA) is 35.5 Å². The van der Waals surface area contributed by atoms with Crippen molar-refractivity contribution in [1.29, 1.82) is 0 Å². The van der Waals surface area contributed by atoms with E-state index in [0.29, 0.717) is 0 Å². The lowest BCUT2D eigenvalue weighted by Crippen LogP contribution is -2.49. The van der Waals surface area contributed by atoms with Gasteiger partial charge in [-0.2, -0.15) is 26.3 Å². The highest BCUT2D eigenvalue weighted by Crippen LogP contribution is 2.38. The summed E-state index contributed by atoms with van der Waals surface area (Å²) < 4.78 is 146. The van der Waals surface area contributed by atoms with Gasteiger partial charge in [0.1, 0.15) is 0 Å². The van der Waals surface area contributed by atoms with E-state index >= 15 is 0 Å². The molecule has 2 aromatic carbocycles. The molecular formula is C21H16F10O3. The van der Waals surface area contributed by atoms with Gasteiger partial charge in [0.05, 0.1) is 0 Å². The zero-order valence-corrected chi connectivity index (χ0v) is 17.8. The van der Waals surface area contributed by atoms with Crippen LogP contribution in [-0.2, 0) is 4.79 Å². The van der Waals surface area contributed by atoms with Crippen molar-refractivity contribution in [3.8, 4) is 11.5 Å². The van der Waals surface area contributed by atoms with Gasteiger partial charge in [-0.3, -0.25) is 4.79 Å². The van der Waals surface area contributed by atoms with E-state index in [1.165, 1.54) is 27.7 Å². The zero-order valence-electron chi connectivity index (χ0n) is 17.8. The SMILES string of the molecule is CC(C)c1cc(OC(F)(F)C(=O)C(F)(F)Oc2cc(C(C)C)c(F)c(F)c2F)c(F)c(F)c1F. The third-order valence-corrected chi connectivity index (χ3v) is 4.53. The number of ether oxygens (including phenoxy) is 2. The van der Waals surface area contributed by atoms with Crippen LogP contribution in [0.15, 0.2) is 12.1 Å². The van der Waals surface area contributed by atoms with E-state index in [9.17, 15) is 48.7 Å². The van der Waals surface area contributed by atoms with Crippen LogP contribution in [0.3, 0.4) is 0 Å².